The Balaban J connectivity index is 1.80. The van der Waals surface area contributed by atoms with Crippen molar-refractivity contribution in [2.75, 3.05) is 13.1 Å². The van der Waals surface area contributed by atoms with Crippen molar-refractivity contribution in [3.8, 4) is 0 Å². The highest BCUT2D eigenvalue weighted by Crippen LogP contribution is 2.37. The van der Waals surface area contributed by atoms with Crippen LogP contribution in [0.25, 0.3) is 0 Å². The number of amides is 1. The van der Waals surface area contributed by atoms with Crippen LogP contribution in [0.5, 0.6) is 0 Å². The number of aromatic nitrogens is 1. The Morgan fingerprint density at radius 3 is 2.50 bits per heavy atom. The van der Waals surface area contributed by atoms with Crippen molar-refractivity contribution in [3.63, 3.8) is 0 Å². The Bertz CT molecular complexity index is 776. The molecule has 2 aromatic rings. The fraction of sp³-hybridized carbons (Fsp3) is 0.389. The minimum Gasteiger partial charge on any atom is -0.481 e. The Kier molecular flexibility index (Phi) is 4.41. The van der Waals surface area contributed by atoms with Crippen LogP contribution >= 0.6 is 11.3 Å². The van der Waals surface area contributed by atoms with Gasteiger partial charge in [0, 0.05) is 13.1 Å². The molecule has 2 heterocycles. The molecule has 6 heteroatoms. The quantitative estimate of drug-likeness (QED) is 0.929. The van der Waals surface area contributed by atoms with Crippen LogP contribution in [0.1, 0.15) is 38.6 Å². The third kappa shape index (κ3) is 2.94. The van der Waals surface area contributed by atoms with Crippen LogP contribution in [0, 0.1) is 13.8 Å². The second kappa shape index (κ2) is 6.36. The van der Waals surface area contributed by atoms with E-state index >= 15 is 0 Å². The van der Waals surface area contributed by atoms with Gasteiger partial charge in [-0.25, -0.2) is 4.98 Å². The van der Waals surface area contributed by atoms with Gasteiger partial charge in [-0.3, -0.25) is 9.59 Å². The summed E-state index contributed by atoms with van der Waals surface area (Å²) in [5.74, 6) is -0.863. The zero-order valence-electron chi connectivity index (χ0n) is 13.8. The van der Waals surface area contributed by atoms with Crippen molar-refractivity contribution < 1.29 is 14.7 Å². The second-order valence-corrected chi connectivity index (χ2v) is 7.53. The van der Waals surface area contributed by atoms with E-state index < -0.39 is 11.4 Å². The van der Waals surface area contributed by atoms with Gasteiger partial charge in [0.1, 0.15) is 4.88 Å². The number of piperidine rings is 1. The van der Waals surface area contributed by atoms with Crippen molar-refractivity contribution >= 4 is 23.2 Å². The fourth-order valence-electron chi connectivity index (χ4n) is 3.28. The van der Waals surface area contributed by atoms with E-state index in [1.807, 2.05) is 38.1 Å². The van der Waals surface area contributed by atoms with Gasteiger partial charge < -0.3 is 10.0 Å². The number of carbonyl (C=O) groups is 2. The highest BCUT2D eigenvalue weighted by atomic mass is 32.1. The first-order chi connectivity index (χ1) is 11.4. The van der Waals surface area contributed by atoms with E-state index in [1.54, 1.807) is 11.1 Å². The van der Waals surface area contributed by atoms with Crippen LogP contribution in [0.3, 0.4) is 0 Å². The summed E-state index contributed by atoms with van der Waals surface area (Å²) in [5.41, 5.74) is 0.967. The number of aliphatic carboxylic acids is 1. The predicted molar refractivity (Wildman–Crippen MR) is 92.5 cm³/mol. The molecular weight excluding hydrogens is 324 g/mol. The minimum atomic E-state index is -0.910. The van der Waals surface area contributed by atoms with Crippen molar-refractivity contribution in [2.24, 2.45) is 0 Å². The Morgan fingerprint density at radius 1 is 1.25 bits per heavy atom. The zero-order valence-corrected chi connectivity index (χ0v) is 14.6. The number of hydrogen-bond donors (Lipinski definition) is 1. The molecule has 1 aliphatic heterocycles. The maximum absolute atomic E-state index is 12.5. The molecule has 1 aliphatic rings. The summed E-state index contributed by atoms with van der Waals surface area (Å²) in [6, 6.07) is 7.68. The van der Waals surface area contributed by atoms with Gasteiger partial charge in [-0.1, -0.05) is 29.8 Å². The molecule has 1 amide bonds. The molecule has 1 aromatic carbocycles. The molecular formula is C18H20N2O3S. The van der Waals surface area contributed by atoms with Gasteiger partial charge in [-0.15, -0.1) is 11.3 Å². The van der Waals surface area contributed by atoms with Crippen LogP contribution in [-0.2, 0) is 10.2 Å². The summed E-state index contributed by atoms with van der Waals surface area (Å²) < 4.78 is 0. The number of aryl methyl sites for hydroxylation is 2. The number of nitrogens with zero attached hydrogens (tertiary/aromatic N) is 2. The lowest BCUT2D eigenvalue weighted by Gasteiger charge is -2.39. The number of rotatable bonds is 3. The smallest absolute Gasteiger partial charge is 0.314 e. The maximum atomic E-state index is 12.5. The summed E-state index contributed by atoms with van der Waals surface area (Å²) in [4.78, 5) is 31.0. The van der Waals surface area contributed by atoms with Crippen LogP contribution in [0.2, 0.25) is 0 Å². The van der Waals surface area contributed by atoms with Gasteiger partial charge in [0.25, 0.3) is 5.91 Å². The highest BCUT2D eigenvalue weighted by Gasteiger charge is 2.44. The summed E-state index contributed by atoms with van der Waals surface area (Å²) in [6.45, 7) is 4.71. The van der Waals surface area contributed by atoms with Gasteiger partial charge >= 0.3 is 5.97 Å². The molecule has 0 atom stereocenters. The monoisotopic (exact) mass is 344 g/mol. The molecule has 0 aliphatic carbocycles. The third-order valence-electron chi connectivity index (χ3n) is 4.72. The number of carbonyl (C=O) groups excluding carboxylic acids is 1. The first kappa shape index (κ1) is 16.6. The topological polar surface area (TPSA) is 70.5 Å². The normalized spacial score (nSPS) is 16.8. The Morgan fingerprint density at radius 2 is 1.96 bits per heavy atom. The molecule has 24 heavy (non-hydrogen) atoms. The fourth-order valence-corrected chi connectivity index (χ4v) is 4.02. The molecule has 3 rings (SSSR count). The molecule has 1 fully saturated rings. The predicted octanol–water partition coefficient (Wildman–Crippen LogP) is 3.02. The molecule has 1 saturated heterocycles. The molecule has 0 bridgehead atoms. The van der Waals surface area contributed by atoms with E-state index in [4.69, 9.17) is 0 Å². The van der Waals surface area contributed by atoms with Gasteiger partial charge in [0.2, 0.25) is 0 Å². The molecule has 0 spiro atoms. The van der Waals surface area contributed by atoms with E-state index in [0.717, 1.165) is 16.1 Å². The lowest BCUT2D eigenvalue weighted by molar-refractivity contribution is -0.145. The van der Waals surface area contributed by atoms with Crippen LogP contribution in [-0.4, -0.2) is 40.0 Å². The molecule has 0 radical (unpaired) electrons. The number of benzene rings is 1. The standard InChI is InChI=1S/C18H20N2O3S/c1-12-4-3-5-14(10-12)18(17(22)23)6-8-20(9-7-18)16(21)15-11-19-13(2)24-15/h3-5,10-11H,6-9H2,1-2H3,(H,22,23). The second-order valence-electron chi connectivity index (χ2n) is 6.29. The molecule has 0 unspecified atom stereocenters. The average Bonchev–Trinajstić information content (AvgIpc) is 3.00. The number of likely N-dealkylation sites (tertiary alicyclic amines) is 1. The van der Waals surface area contributed by atoms with Crippen LogP contribution in [0.4, 0.5) is 0 Å². The first-order valence-electron chi connectivity index (χ1n) is 7.95. The SMILES string of the molecule is Cc1cccc(C2(C(=O)O)CCN(C(=O)c3cnc(C)s3)CC2)c1. The van der Waals surface area contributed by atoms with E-state index in [-0.39, 0.29) is 5.91 Å². The van der Waals surface area contributed by atoms with Crippen molar-refractivity contribution in [2.45, 2.75) is 32.1 Å². The minimum absolute atomic E-state index is 0.0520. The molecule has 5 nitrogen and oxygen atoms in total. The van der Waals surface area contributed by atoms with Crippen molar-refractivity contribution in [1.29, 1.82) is 0 Å². The summed E-state index contributed by atoms with van der Waals surface area (Å²) >= 11 is 1.38. The van der Waals surface area contributed by atoms with Crippen LogP contribution in [0.15, 0.2) is 30.5 Å². The first-order valence-corrected chi connectivity index (χ1v) is 8.76. The van der Waals surface area contributed by atoms with Crippen molar-refractivity contribution in [3.05, 3.63) is 51.5 Å². The Labute approximate surface area is 145 Å². The van der Waals surface area contributed by atoms with Gasteiger partial charge in [-0.2, -0.15) is 0 Å². The van der Waals surface area contributed by atoms with E-state index in [1.165, 1.54) is 11.3 Å². The van der Waals surface area contributed by atoms with Crippen molar-refractivity contribution in [1.82, 2.24) is 9.88 Å². The Hall–Kier alpha value is -2.21. The number of thiazole rings is 1. The third-order valence-corrected chi connectivity index (χ3v) is 5.62. The van der Waals surface area contributed by atoms with Crippen LogP contribution < -0.4 is 0 Å². The highest BCUT2D eigenvalue weighted by molar-refractivity contribution is 7.13. The average molecular weight is 344 g/mol. The number of hydrogen-bond acceptors (Lipinski definition) is 4. The zero-order chi connectivity index (χ0) is 17.3. The largest absolute Gasteiger partial charge is 0.481 e. The molecule has 0 saturated carbocycles. The lowest BCUT2D eigenvalue weighted by Crippen LogP contribution is -2.49. The van der Waals surface area contributed by atoms with E-state index in [2.05, 4.69) is 4.98 Å². The molecule has 1 N–H and O–H groups in total. The summed E-state index contributed by atoms with van der Waals surface area (Å²) in [5, 5.41) is 10.7. The van der Waals surface area contributed by atoms with E-state index in [0.29, 0.717) is 30.8 Å². The van der Waals surface area contributed by atoms with E-state index in [9.17, 15) is 14.7 Å². The molecule has 126 valence electrons. The number of carboxylic acid groups (broad SMARTS) is 1. The lowest BCUT2D eigenvalue weighted by atomic mass is 9.72. The summed E-state index contributed by atoms with van der Waals surface area (Å²) in [7, 11) is 0. The van der Waals surface area contributed by atoms with Gasteiger partial charge in [0.05, 0.1) is 16.6 Å². The van der Waals surface area contributed by atoms with Gasteiger partial charge in [0.15, 0.2) is 0 Å². The summed E-state index contributed by atoms with van der Waals surface area (Å²) in [6.07, 6.45) is 2.45. The van der Waals surface area contributed by atoms with Gasteiger partial charge in [-0.05, 0) is 32.3 Å². The maximum Gasteiger partial charge on any atom is 0.314 e. The molecule has 1 aromatic heterocycles. The number of carboxylic acids is 1.